The van der Waals surface area contributed by atoms with E-state index < -0.39 is 12.1 Å². The highest BCUT2D eigenvalue weighted by Crippen LogP contribution is 2.31. The predicted molar refractivity (Wildman–Crippen MR) is 126 cm³/mol. The maximum atomic E-state index is 13.6. The molecule has 2 aliphatic rings. The summed E-state index contributed by atoms with van der Waals surface area (Å²) >= 11 is 0. The lowest BCUT2D eigenvalue weighted by atomic mass is 10.0. The van der Waals surface area contributed by atoms with E-state index in [0.717, 1.165) is 5.56 Å². The Kier molecular flexibility index (Phi) is 6.77. The molecule has 0 saturated carbocycles. The van der Waals surface area contributed by atoms with E-state index in [1.165, 1.54) is 4.90 Å². The van der Waals surface area contributed by atoms with Gasteiger partial charge in [0.1, 0.15) is 17.8 Å². The van der Waals surface area contributed by atoms with E-state index in [1.807, 2.05) is 32.9 Å². The Balaban J connectivity index is 1.51. The normalized spacial score (nSPS) is 20.4. The van der Waals surface area contributed by atoms with Crippen molar-refractivity contribution in [3.8, 4) is 0 Å². The van der Waals surface area contributed by atoms with E-state index in [9.17, 15) is 19.2 Å². The number of Topliss-reactive ketones (excluding diaryl/α,β-unsaturated/α-hetero) is 1. The Morgan fingerprint density at radius 1 is 1.09 bits per heavy atom. The standard InChI is InChI=1S/C26H30N4O4/c1-16(2)14-20(28-24(32)18-9-7-17(3)8-10-18)26(34)29-13-11-21-23(29)22(31)15-30(21)25(33)19-6-4-5-12-27-19/h4-10,12,16,20-21,23H,11,13-15H2,1-3H3,(H,28,32). The second-order valence-corrected chi connectivity index (χ2v) is 9.47. The third-order valence-corrected chi connectivity index (χ3v) is 6.47. The van der Waals surface area contributed by atoms with Crippen LogP contribution in [0.4, 0.5) is 0 Å². The summed E-state index contributed by atoms with van der Waals surface area (Å²) in [4.78, 5) is 59.5. The molecule has 4 rings (SSSR count). The lowest BCUT2D eigenvalue weighted by Gasteiger charge is -2.29. The Hall–Kier alpha value is -3.55. The maximum absolute atomic E-state index is 13.6. The molecular formula is C26H30N4O4. The van der Waals surface area contributed by atoms with Crippen LogP contribution in [-0.4, -0.2) is 69.5 Å². The first kappa shape index (κ1) is 23.6. The fraction of sp³-hybridized carbons (Fsp3) is 0.423. The first-order chi connectivity index (χ1) is 16.3. The minimum absolute atomic E-state index is 0.0426. The molecule has 178 valence electrons. The fourth-order valence-corrected chi connectivity index (χ4v) is 4.82. The van der Waals surface area contributed by atoms with Crippen molar-refractivity contribution in [2.45, 2.75) is 51.7 Å². The molecule has 2 aromatic rings. The van der Waals surface area contributed by atoms with Crippen LogP contribution in [0.25, 0.3) is 0 Å². The van der Waals surface area contributed by atoms with Crippen LogP contribution in [0.3, 0.4) is 0 Å². The summed E-state index contributed by atoms with van der Waals surface area (Å²) in [6, 6.07) is 10.4. The fourth-order valence-electron chi connectivity index (χ4n) is 4.82. The molecule has 3 unspecified atom stereocenters. The molecule has 2 saturated heterocycles. The Bertz CT molecular complexity index is 1080. The number of fused-ring (bicyclic) bond motifs is 1. The molecule has 0 radical (unpaired) electrons. The lowest BCUT2D eigenvalue weighted by Crippen LogP contribution is -2.53. The summed E-state index contributed by atoms with van der Waals surface area (Å²) in [5.74, 6) is -0.899. The molecule has 2 aliphatic heterocycles. The maximum Gasteiger partial charge on any atom is 0.273 e. The number of hydrogen-bond donors (Lipinski definition) is 1. The zero-order chi connectivity index (χ0) is 24.4. The van der Waals surface area contributed by atoms with E-state index in [0.29, 0.717) is 24.9 Å². The van der Waals surface area contributed by atoms with Crippen molar-refractivity contribution >= 4 is 23.5 Å². The molecule has 3 heterocycles. The number of rotatable bonds is 6. The second kappa shape index (κ2) is 9.75. The van der Waals surface area contributed by atoms with Gasteiger partial charge in [0.25, 0.3) is 11.8 Å². The van der Waals surface area contributed by atoms with Crippen molar-refractivity contribution in [3.05, 3.63) is 65.5 Å². The first-order valence-corrected chi connectivity index (χ1v) is 11.7. The summed E-state index contributed by atoms with van der Waals surface area (Å²) in [6.45, 7) is 6.23. The molecule has 0 bridgehead atoms. The number of nitrogens with zero attached hydrogens (tertiary/aromatic N) is 3. The number of amides is 3. The number of aromatic nitrogens is 1. The molecule has 1 aromatic carbocycles. The highest BCUT2D eigenvalue weighted by molar-refractivity contribution is 6.03. The van der Waals surface area contributed by atoms with Crippen LogP contribution in [0.1, 0.15) is 53.1 Å². The van der Waals surface area contributed by atoms with Gasteiger partial charge in [0.2, 0.25) is 5.91 Å². The van der Waals surface area contributed by atoms with Crippen LogP contribution in [-0.2, 0) is 9.59 Å². The zero-order valence-electron chi connectivity index (χ0n) is 19.7. The smallest absolute Gasteiger partial charge is 0.273 e. The van der Waals surface area contributed by atoms with Crippen molar-refractivity contribution in [2.75, 3.05) is 13.1 Å². The molecule has 3 atom stereocenters. The number of carbonyl (C=O) groups is 4. The molecular weight excluding hydrogens is 432 g/mol. The van der Waals surface area contributed by atoms with Gasteiger partial charge in [-0.1, -0.05) is 37.6 Å². The summed E-state index contributed by atoms with van der Waals surface area (Å²) in [7, 11) is 0. The largest absolute Gasteiger partial charge is 0.340 e. The number of benzene rings is 1. The highest BCUT2D eigenvalue weighted by atomic mass is 16.2. The highest BCUT2D eigenvalue weighted by Gasteiger charge is 2.52. The predicted octanol–water partition coefficient (Wildman–Crippen LogP) is 2.23. The Morgan fingerprint density at radius 3 is 2.47 bits per heavy atom. The molecule has 34 heavy (non-hydrogen) atoms. The minimum atomic E-state index is -0.749. The van der Waals surface area contributed by atoms with Crippen LogP contribution < -0.4 is 5.32 Å². The summed E-state index contributed by atoms with van der Waals surface area (Å²) in [5.41, 5.74) is 1.80. The van der Waals surface area contributed by atoms with Gasteiger partial charge in [-0.15, -0.1) is 0 Å². The van der Waals surface area contributed by atoms with E-state index in [2.05, 4.69) is 10.3 Å². The summed E-state index contributed by atoms with van der Waals surface area (Å²) in [5, 5.41) is 2.88. The van der Waals surface area contributed by atoms with Gasteiger partial charge >= 0.3 is 0 Å². The van der Waals surface area contributed by atoms with Crippen molar-refractivity contribution in [3.63, 3.8) is 0 Å². The van der Waals surface area contributed by atoms with E-state index in [4.69, 9.17) is 0 Å². The van der Waals surface area contributed by atoms with Crippen molar-refractivity contribution in [1.29, 1.82) is 0 Å². The second-order valence-electron chi connectivity index (χ2n) is 9.47. The lowest BCUT2D eigenvalue weighted by molar-refractivity contribution is -0.138. The van der Waals surface area contributed by atoms with E-state index in [-0.39, 0.29) is 47.7 Å². The quantitative estimate of drug-likeness (QED) is 0.710. The first-order valence-electron chi connectivity index (χ1n) is 11.7. The van der Waals surface area contributed by atoms with Gasteiger partial charge < -0.3 is 15.1 Å². The molecule has 1 N–H and O–H groups in total. The number of aryl methyl sites for hydroxylation is 1. The molecule has 0 spiro atoms. The van der Waals surface area contributed by atoms with Crippen LogP contribution in [0.2, 0.25) is 0 Å². The zero-order valence-corrected chi connectivity index (χ0v) is 19.7. The van der Waals surface area contributed by atoms with Gasteiger partial charge in [-0.25, -0.2) is 0 Å². The SMILES string of the molecule is Cc1ccc(C(=O)NC(CC(C)C)C(=O)N2CCC3C2C(=O)CN3C(=O)c2ccccn2)cc1. The summed E-state index contributed by atoms with van der Waals surface area (Å²) < 4.78 is 0. The number of ketones is 1. The minimum Gasteiger partial charge on any atom is -0.340 e. The summed E-state index contributed by atoms with van der Waals surface area (Å²) in [6.07, 6.45) is 2.51. The van der Waals surface area contributed by atoms with Gasteiger partial charge in [0.15, 0.2) is 5.78 Å². The molecule has 8 heteroatoms. The van der Waals surface area contributed by atoms with Crippen LogP contribution in [0, 0.1) is 12.8 Å². The molecule has 1 aromatic heterocycles. The molecule has 3 amide bonds. The van der Waals surface area contributed by atoms with Gasteiger partial charge in [-0.05, 0) is 49.9 Å². The number of nitrogens with one attached hydrogen (secondary N) is 1. The van der Waals surface area contributed by atoms with Crippen molar-refractivity contribution in [2.24, 2.45) is 5.92 Å². The Labute approximate surface area is 199 Å². The van der Waals surface area contributed by atoms with E-state index in [1.54, 1.807) is 41.4 Å². The third-order valence-electron chi connectivity index (χ3n) is 6.47. The van der Waals surface area contributed by atoms with Crippen molar-refractivity contribution < 1.29 is 19.2 Å². The van der Waals surface area contributed by atoms with Gasteiger partial charge in [-0.3, -0.25) is 24.2 Å². The average molecular weight is 463 g/mol. The topological polar surface area (TPSA) is 99.7 Å². The van der Waals surface area contributed by atoms with Gasteiger partial charge in [-0.2, -0.15) is 0 Å². The number of carbonyl (C=O) groups excluding carboxylic acids is 4. The van der Waals surface area contributed by atoms with E-state index >= 15 is 0 Å². The number of pyridine rings is 1. The van der Waals surface area contributed by atoms with Gasteiger partial charge in [0, 0.05) is 18.3 Å². The molecule has 8 nitrogen and oxygen atoms in total. The average Bonchev–Trinajstić information content (AvgIpc) is 3.39. The van der Waals surface area contributed by atoms with Crippen LogP contribution in [0.5, 0.6) is 0 Å². The monoisotopic (exact) mass is 462 g/mol. The Morgan fingerprint density at radius 2 is 1.82 bits per heavy atom. The van der Waals surface area contributed by atoms with Crippen molar-refractivity contribution in [1.82, 2.24) is 20.1 Å². The number of likely N-dealkylation sites (tertiary alicyclic amines) is 2. The van der Waals surface area contributed by atoms with Crippen LogP contribution >= 0.6 is 0 Å². The molecule has 2 fully saturated rings. The van der Waals surface area contributed by atoms with Gasteiger partial charge in [0.05, 0.1) is 12.6 Å². The van der Waals surface area contributed by atoms with Crippen LogP contribution in [0.15, 0.2) is 48.7 Å². The third kappa shape index (κ3) is 4.71. The number of hydrogen-bond acceptors (Lipinski definition) is 5. The molecule has 0 aliphatic carbocycles.